The molecule has 0 bridgehead atoms. The Hall–Kier alpha value is -1.35. The quantitative estimate of drug-likeness (QED) is 0.703. The highest BCUT2D eigenvalue weighted by Crippen LogP contribution is 2.26. The SMILES string of the molecule is CC(C)C(=O)N1OCCc2ccccc21. The van der Waals surface area contributed by atoms with E-state index in [0.29, 0.717) is 6.61 Å². The van der Waals surface area contributed by atoms with Crippen molar-refractivity contribution < 1.29 is 9.63 Å². The fourth-order valence-electron chi connectivity index (χ4n) is 1.65. The summed E-state index contributed by atoms with van der Waals surface area (Å²) >= 11 is 0. The summed E-state index contributed by atoms with van der Waals surface area (Å²) in [4.78, 5) is 17.3. The second kappa shape index (κ2) is 4.03. The van der Waals surface area contributed by atoms with Gasteiger partial charge in [-0.1, -0.05) is 32.0 Å². The number of rotatable bonds is 1. The molecule has 0 spiro atoms. The van der Waals surface area contributed by atoms with E-state index >= 15 is 0 Å². The first-order valence-electron chi connectivity index (χ1n) is 5.25. The number of carbonyl (C=O) groups is 1. The molecule has 80 valence electrons. The summed E-state index contributed by atoms with van der Waals surface area (Å²) in [5.41, 5.74) is 2.07. The van der Waals surface area contributed by atoms with Gasteiger partial charge in [-0.25, -0.2) is 0 Å². The monoisotopic (exact) mass is 205 g/mol. The number of hydroxylamine groups is 1. The minimum atomic E-state index is -0.0452. The fraction of sp³-hybridized carbons (Fsp3) is 0.417. The number of amides is 1. The molecule has 0 atom stereocenters. The molecule has 1 amide bonds. The van der Waals surface area contributed by atoms with Crippen LogP contribution in [0.1, 0.15) is 19.4 Å². The predicted molar refractivity (Wildman–Crippen MR) is 58.4 cm³/mol. The first-order chi connectivity index (χ1) is 7.20. The third-order valence-corrected chi connectivity index (χ3v) is 2.50. The van der Waals surface area contributed by atoms with Crippen molar-refractivity contribution in [2.75, 3.05) is 11.7 Å². The van der Waals surface area contributed by atoms with Gasteiger partial charge < -0.3 is 0 Å². The lowest BCUT2D eigenvalue weighted by molar-refractivity contribution is -0.129. The maximum absolute atomic E-state index is 11.9. The van der Waals surface area contributed by atoms with E-state index in [1.54, 1.807) is 0 Å². The molecule has 1 aliphatic heterocycles. The molecule has 0 radical (unpaired) electrons. The maximum Gasteiger partial charge on any atom is 0.253 e. The molecule has 0 unspecified atom stereocenters. The second-order valence-corrected chi connectivity index (χ2v) is 4.00. The number of nitrogens with zero attached hydrogens (tertiary/aromatic N) is 1. The Bertz CT molecular complexity index is 374. The van der Waals surface area contributed by atoms with E-state index in [4.69, 9.17) is 4.84 Å². The molecule has 2 rings (SSSR count). The standard InChI is InChI=1S/C12H15NO2/c1-9(2)12(14)13-11-6-4-3-5-10(11)7-8-15-13/h3-6,9H,7-8H2,1-2H3. The van der Waals surface area contributed by atoms with Gasteiger partial charge in [0, 0.05) is 12.3 Å². The van der Waals surface area contributed by atoms with Crippen LogP contribution in [0.25, 0.3) is 0 Å². The Labute approximate surface area is 89.6 Å². The maximum atomic E-state index is 11.9. The highest BCUT2D eigenvalue weighted by Gasteiger charge is 2.25. The third kappa shape index (κ3) is 1.88. The van der Waals surface area contributed by atoms with Gasteiger partial charge in [0.05, 0.1) is 12.3 Å². The summed E-state index contributed by atoms with van der Waals surface area (Å²) < 4.78 is 0. The van der Waals surface area contributed by atoms with Crippen LogP contribution in [0.5, 0.6) is 0 Å². The molecule has 0 saturated heterocycles. The van der Waals surface area contributed by atoms with Crippen molar-refractivity contribution in [2.24, 2.45) is 5.92 Å². The number of para-hydroxylation sites is 1. The van der Waals surface area contributed by atoms with E-state index in [1.807, 2.05) is 38.1 Å². The summed E-state index contributed by atoms with van der Waals surface area (Å²) in [7, 11) is 0. The molecule has 0 aromatic heterocycles. The van der Waals surface area contributed by atoms with Crippen LogP contribution < -0.4 is 5.06 Å². The van der Waals surface area contributed by atoms with Gasteiger partial charge in [0.1, 0.15) is 0 Å². The lowest BCUT2D eigenvalue weighted by atomic mass is 10.1. The minimum absolute atomic E-state index is 0.0159. The van der Waals surface area contributed by atoms with Crippen molar-refractivity contribution in [2.45, 2.75) is 20.3 Å². The van der Waals surface area contributed by atoms with E-state index in [9.17, 15) is 4.79 Å². The predicted octanol–water partition coefficient (Wildman–Crippen LogP) is 2.16. The molecule has 1 aliphatic rings. The van der Waals surface area contributed by atoms with Crippen LogP contribution >= 0.6 is 0 Å². The van der Waals surface area contributed by atoms with Crippen molar-refractivity contribution in [3.8, 4) is 0 Å². The van der Waals surface area contributed by atoms with Crippen molar-refractivity contribution in [3.63, 3.8) is 0 Å². The lowest BCUT2D eigenvalue weighted by Gasteiger charge is -2.29. The summed E-state index contributed by atoms with van der Waals surface area (Å²) in [5.74, 6) is -0.0293. The van der Waals surface area contributed by atoms with Gasteiger partial charge in [-0.2, -0.15) is 5.06 Å². The molecule has 1 aromatic carbocycles. The Morgan fingerprint density at radius 2 is 2.13 bits per heavy atom. The number of carbonyl (C=O) groups excluding carboxylic acids is 1. The van der Waals surface area contributed by atoms with Crippen molar-refractivity contribution >= 4 is 11.6 Å². The molecular formula is C12H15NO2. The van der Waals surface area contributed by atoms with Crippen LogP contribution in [-0.4, -0.2) is 12.5 Å². The highest BCUT2D eigenvalue weighted by molar-refractivity contribution is 5.93. The first kappa shape index (κ1) is 10.2. The molecule has 0 saturated carbocycles. The van der Waals surface area contributed by atoms with Crippen LogP contribution in [0.3, 0.4) is 0 Å². The fourth-order valence-corrected chi connectivity index (χ4v) is 1.65. The van der Waals surface area contributed by atoms with Gasteiger partial charge in [-0.15, -0.1) is 0 Å². The second-order valence-electron chi connectivity index (χ2n) is 4.00. The van der Waals surface area contributed by atoms with E-state index in [2.05, 4.69) is 0 Å². The smallest absolute Gasteiger partial charge is 0.253 e. The van der Waals surface area contributed by atoms with E-state index in [1.165, 1.54) is 10.6 Å². The summed E-state index contributed by atoms with van der Waals surface area (Å²) in [6.07, 6.45) is 0.873. The number of fused-ring (bicyclic) bond motifs is 1. The topological polar surface area (TPSA) is 29.5 Å². The normalized spacial score (nSPS) is 15.3. The third-order valence-electron chi connectivity index (χ3n) is 2.50. The highest BCUT2D eigenvalue weighted by atomic mass is 16.7. The molecule has 0 aliphatic carbocycles. The Kier molecular flexibility index (Phi) is 2.73. The average Bonchev–Trinajstić information content (AvgIpc) is 2.27. The Balaban J connectivity index is 2.34. The van der Waals surface area contributed by atoms with Crippen molar-refractivity contribution in [3.05, 3.63) is 29.8 Å². The van der Waals surface area contributed by atoms with E-state index in [-0.39, 0.29) is 11.8 Å². The van der Waals surface area contributed by atoms with Gasteiger partial charge in [-0.3, -0.25) is 9.63 Å². The Morgan fingerprint density at radius 3 is 2.87 bits per heavy atom. The Morgan fingerprint density at radius 1 is 1.40 bits per heavy atom. The zero-order valence-electron chi connectivity index (χ0n) is 9.06. The molecule has 0 N–H and O–H groups in total. The molecule has 1 heterocycles. The van der Waals surface area contributed by atoms with Gasteiger partial charge >= 0.3 is 0 Å². The molecule has 0 fully saturated rings. The summed E-state index contributed by atoms with van der Waals surface area (Å²) in [6.45, 7) is 4.33. The van der Waals surface area contributed by atoms with Crippen LogP contribution in [0.4, 0.5) is 5.69 Å². The number of anilines is 1. The first-order valence-corrected chi connectivity index (χ1v) is 5.25. The van der Waals surface area contributed by atoms with Gasteiger partial charge in [0.25, 0.3) is 5.91 Å². The van der Waals surface area contributed by atoms with Crippen LogP contribution in [0.2, 0.25) is 0 Å². The van der Waals surface area contributed by atoms with Crippen molar-refractivity contribution in [1.82, 2.24) is 0 Å². The summed E-state index contributed by atoms with van der Waals surface area (Å²) in [5, 5.41) is 1.43. The molecule has 3 heteroatoms. The van der Waals surface area contributed by atoms with E-state index < -0.39 is 0 Å². The molecule has 1 aromatic rings. The van der Waals surface area contributed by atoms with Crippen LogP contribution in [0, 0.1) is 5.92 Å². The minimum Gasteiger partial charge on any atom is -0.272 e. The van der Waals surface area contributed by atoms with Crippen molar-refractivity contribution in [1.29, 1.82) is 0 Å². The van der Waals surface area contributed by atoms with Gasteiger partial charge in [0.2, 0.25) is 0 Å². The van der Waals surface area contributed by atoms with Gasteiger partial charge in [-0.05, 0) is 11.6 Å². The average molecular weight is 205 g/mol. The summed E-state index contributed by atoms with van der Waals surface area (Å²) in [6, 6.07) is 7.88. The number of benzene rings is 1. The zero-order chi connectivity index (χ0) is 10.8. The largest absolute Gasteiger partial charge is 0.272 e. The van der Waals surface area contributed by atoms with E-state index in [0.717, 1.165) is 12.1 Å². The number of hydrogen-bond donors (Lipinski definition) is 0. The molecular weight excluding hydrogens is 190 g/mol. The molecule has 15 heavy (non-hydrogen) atoms. The van der Waals surface area contributed by atoms with Crippen LogP contribution in [0.15, 0.2) is 24.3 Å². The lowest BCUT2D eigenvalue weighted by Crippen LogP contribution is -2.38. The molecule has 3 nitrogen and oxygen atoms in total. The van der Waals surface area contributed by atoms with Gasteiger partial charge in [0.15, 0.2) is 0 Å². The van der Waals surface area contributed by atoms with Crippen LogP contribution in [-0.2, 0) is 16.1 Å². The zero-order valence-corrected chi connectivity index (χ0v) is 9.06. The number of hydrogen-bond acceptors (Lipinski definition) is 2.